The van der Waals surface area contributed by atoms with Crippen LogP contribution in [0.15, 0.2) is 0 Å². The summed E-state index contributed by atoms with van der Waals surface area (Å²) in [6.45, 7) is -0.167. The molecule has 2 aliphatic rings. The Balaban J connectivity index is 2.07. The van der Waals surface area contributed by atoms with E-state index in [1.165, 1.54) is 4.90 Å². The van der Waals surface area contributed by atoms with Crippen molar-refractivity contribution in [2.75, 3.05) is 13.2 Å². The summed E-state index contributed by atoms with van der Waals surface area (Å²) in [6, 6.07) is -0.270. The summed E-state index contributed by atoms with van der Waals surface area (Å²) in [5.41, 5.74) is 0. The van der Waals surface area contributed by atoms with E-state index in [1.807, 2.05) is 0 Å². The van der Waals surface area contributed by atoms with E-state index in [0.29, 0.717) is 19.3 Å². The Labute approximate surface area is 98.5 Å². The van der Waals surface area contributed by atoms with Gasteiger partial charge in [0.2, 0.25) is 0 Å². The van der Waals surface area contributed by atoms with Crippen molar-refractivity contribution in [1.82, 2.24) is 4.90 Å². The summed E-state index contributed by atoms with van der Waals surface area (Å²) >= 11 is 0. The van der Waals surface area contributed by atoms with Crippen LogP contribution < -0.4 is 0 Å². The molecule has 2 fully saturated rings. The molecular formula is C11H15NO5. The molecule has 1 aliphatic carbocycles. The SMILES string of the molecule is O=C(O)C1CCCC(N2C(=O)COCC2=O)C1. The number of ether oxygens (including phenoxy) is 1. The van der Waals surface area contributed by atoms with E-state index in [2.05, 4.69) is 0 Å². The predicted molar refractivity (Wildman–Crippen MR) is 56.1 cm³/mol. The van der Waals surface area contributed by atoms with Crippen LogP contribution in [0.2, 0.25) is 0 Å². The molecule has 0 aromatic heterocycles. The summed E-state index contributed by atoms with van der Waals surface area (Å²) in [5, 5.41) is 8.97. The first-order valence-electron chi connectivity index (χ1n) is 5.75. The lowest BCUT2D eigenvalue weighted by Crippen LogP contribution is -2.53. The molecule has 1 heterocycles. The second-order valence-corrected chi connectivity index (χ2v) is 4.51. The van der Waals surface area contributed by atoms with Gasteiger partial charge >= 0.3 is 5.97 Å². The van der Waals surface area contributed by atoms with Crippen molar-refractivity contribution in [3.8, 4) is 0 Å². The molecule has 2 amide bonds. The van der Waals surface area contributed by atoms with Crippen LogP contribution in [-0.2, 0) is 19.1 Å². The molecule has 94 valence electrons. The number of hydrogen-bond acceptors (Lipinski definition) is 4. The Bertz CT molecular complexity index is 338. The summed E-state index contributed by atoms with van der Waals surface area (Å²) in [7, 11) is 0. The fourth-order valence-corrected chi connectivity index (χ4v) is 2.53. The highest BCUT2D eigenvalue weighted by molar-refractivity contribution is 5.98. The van der Waals surface area contributed by atoms with Gasteiger partial charge in [0.25, 0.3) is 11.8 Å². The van der Waals surface area contributed by atoms with Crippen LogP contribution >= 0.6 is 0 Å². The van der Waals surface area contributed by atoms with Crippen molar-refractivity contribution in [1.29, 1.82) is 0 Å². The molecule has 1 saturated heterocycles. The van der Waals surface area contributed by atoms with Crippen LogP contribution in [0.25, 0.3) is 0 Å². The zero-order valence-corrected chi connectivity index (χ0v) is 9.42. The van der Waals surface area contributed by atoms with Crippen molar-refractivity contribution < 1.29 is 24.2 Å². The van der Waals surface area contributed by atoms with Crippen molar-refractivity contribution in [3.05, 3.63) is 0 Å². The Kier molecular flexibility index (Phi) is 3.42. The standard InChI is InChI=1S/C11H15NO5/c13-9-5-17-6-10(14)12(9)8-3-1-2-7(4-8)11(15)16/h7-8H,1-6H2,(H,15,16). The Morgan fingerprint density at radius 2 is 1.88 bits per heavy atom. The molecule has 2 unspecified atom stereocenters. The van der Waals surface area contributed by atoms with E-state index in [4.69, 9.17) is 9.84 Å². The number of aliphatic carboxylic acids is 1. The molecular weight excluding hydrogens is 226 g/mol. The predicted octanol–water partition coefficient (Wildman–Crippen LogP) is 0.0152. The number of carbonyl (C=O) groups is 3. The summed E-state index contributed by atoms with van der Waals surface area (Å²) in [5.74, 6) is -1.99. The third kappa shape index (κ3) is 2.46. The maximum atomic E-state index is 11.6. The maximum Gasteiger partial charge on any atom is 0.306 e. The van der Waals surface area contributed by atoms with Gasteiger partial charge in [0.15, 0.2) is 0 Å². The molecule has 17 heavy (non-hydrogen) atoms. The highest BCUT2D eigenvalue weighted by Gasteiger charge is 2.37. The maximum absolute atomic E-state index is 11.6. The van der Waals surface area contributed by atoms with Gasteiger partial charge in [-0.1, -0.05) is 6.42 Å². The topological polar surface area (TPSA) is 83.9 Å². The van der Waals surface area contributed by atoms with Crippen LogP contribution in [0.5, 0.6) is 0 Å². The van der Waals surface area contributed by atoms with Gasteiger partial charge in [-0.2, -0.15) is 0 Å². The van der Waals surface area contributed by atoms with Crippen LogP contribution in [-0.4, -0.2) is 47.0 Å². The lowest BCUT2D eigenvalue weighted by molar-refractivity contribution is -0.164. The van der Waals surface area contributed by atoms with Gasteiger partial charge in [-0.3, -0.25) is 19.3 Å². The van der Waals surface area contributed by atoms with Crippen LogP contribution in [0.3, 0.4) is 0 Å². The highest BCUT2D eigenvalue weighted by atomic mass is 16.5. The smallest absolute Gasteiger partial charge is 0.306 e. The third-order valence-corrected chi connectivity index (χ3v) is 3.35. The molecule has 0 aromatic rings. The fraction of sp³-hybridized carbons (Fsp3) is 0.727. The zero-order chi connectivity index (χ0) is 12.4. The van der Waals surface area contributed by atoms with Gasteiger partial charge in [-0.15, -0.1) is 0 Å². The van der Waals surface area contributed by atoms with Crippen molar-refractivity contribution in [2.45, 2.75) is 31.7 Å². The monoisotopic (exact) mass is 241 g/mol. The lowest BCUT2D eigenvalue weighted by atomic mass is 9.85. The fourth-order valence-electron chi connectivity index (χ4n) is 2.53. The molecule has 2 rings (SSSR count). The zero-order valence-electron chi connectivity index (χ0n) is 9.42. The van der Waals surface area contributed by atoms with E-state index in [1.54, 1.807) is 0 Å². The Morgan fingerprint density at radius 3 is 2.47 bits per heavy atom. The van der Waals surface area contributed by atoms with Gasteiger partial charge in [-0.25, -0.2) is 0 Å². The number of amides is 2. The highest BCUT2D eigenvalue weighted by Crippen LogP contribution is 2.28. The van der Waals surface area contributed by atoms with E-state index in [-0.39, 0.29) is 31.1 Å². The van der Waals surface area contributed by atoms with Crippen molar-refractivity contribution in [2.24, 2.45) is 5.92 Å². The van der Waals surface area contributed by atoms with Gasteiger partial charge in [-0.05, 0) is 19.3 Å². The first kappa shape index (κ1) is 12.0. The van der Waals surface area contributed by atoms with E-state index in [9.17, 15) is 14.4 Å². The van der Waals surface area contributed by atoms with Crippen LogP contribution in [0.4, 0.5) is 0 Å². The molecule has 0 spiro atoms. The second kappa shape index (κ2) is 4.83. The van der Waals surface area contributed by atoms with E-state index < -0.39 is 11.9 Å². The van der Waals surface area contributed by atoms with E-state index in [0.717, 1.165) is 6.42 Å². The number of nitrogens with zero attached hydrogens (tertiary/aromatic N) is 1. The molecule has 1 saturated carbocycles. The number of carbonyl (C=O) groups excluding carboxylic acids is 2. The molecule has 2 atom stereocenters. The molecule has 6 heteroatoms. The minimum atomic E-state index is -0.845. The van der Waals surface area contributed by atoms with Gasteiger partial charge in [0, 0.05) is 6.04 Å². The van der Waals surface area contributed by atoms with E-state index >= 15 is 0 Å². The molecule has 0 radical (unpaired) electrons. The van der Waals surface area contributed by atoms with Gasteiger partial charge in [0.1, 0.15) is 13.2 Å². The third-order valence-electron chi connectivity index (χ3n) is 3.35. The van der Waals surface area contributed by atoms with Crippen molar-refractivity contribution in [3.63, 3.8) is 0 Å². The second-order valence-electron chi connectivity index (χ2n) is 4.51. The number of carboxylic acids is 1. The Hall–Kier alpha value is -1.43. The molecule has 0 bridgehead atoms. The molecule has 1 N–H and O–H groups in total. The molecule has 1 aliphatic heterocycles. The molecule has 6 nitrogen and oxygen atoms in total. The minimum absolute atomic E-state index is 0.0834. The van der Waals surface area contributed by atoms with Gasteiger partial charge in [0.05, 0.1) is 5.92 Å². The van der Waals surface area contributed by atoms with Crippen molar-refractivity contribution >= 4 is 17.8 Å². The number of morpholine rings is 1. The summed E-state index contributed by atoms with van der Waals surface area (Å²) in [6.07, 6.45) is 2.42. The summed E-state index contributed by atoms with van der Waals surface area (Å²) < 4.78 is 4.83. The average Bonchev–Trinajstić information content (AvgIpc) is 2.29. The Morgan fingerprint density at radius 1 is 1.24 bits per heavy atom. The summed E-state index contributed by atoms with van der Waals surface area (Å²) in [4.78, 5) is 35.4. The molecule has 0 aromatic carbocycles. The quantitative estimate of drug-likeness (QED) is 0.689. The normalized spacial score (nSPS) is 30.5. The average molecular weight is 241 g/mol. The first-order chi connectivity index (χ1) is 8.09. The van der Waals surface area contributed by atoms with Crippen LogP contribution in [0, 0.1) is 5.92 Å². The van der Waals surface area contributed by atoms with Crippen LogP contribution in [0.1, 0.15) is 25.7 Å². The lowest BCUT2D eigenvalue weighted by Gasteiger charge is -2.36. The number of hydrogen-bond donors (Lipinski definition) is 1. The minimum Gasteiger partial charge on any atom is -0.481 e. The largest absolute Gasteiger partial charge is 0.481 e. The number of rotatable bonds is 2. The number of imide groups is 1. The number of carboxylic acid groups (broad SMARTS) is 1. The van der Waals surface area contributed by atoms with Gasteiger partial charge < -0.3 is 9.84 Å². The first-order valence-corrected chi connectivity index (χ1v) is 5.75.